The predicted molar refractivity (Wildman–Crippen MR) is 76.5 cm³/mol. The SMILES string of the molecule is CCCNC(=O)CNC(=O)C1C(C=C(C)C)C1(C)C. The van der Waals surface area contributed by atoms with E-state index in [-0.39, 0.29) is 35.6 Å². The first kappa shape index (κ1) is 15.7. The molecule has 0 aromatic heterocycles. The minimum atomic E-state index is -0.118. The van der Waals surface area contributed by atoms with Crippen molar-refractivity contribution in [2.24, 2.45) is 17.3 Å². The van der Waals surface area contributed by atoms with Crippen LogP contribution in [0.15, 0.2) is 11.6 Å². The fraction of sp³-hybridized carbons (Fsp3) is 0.733. The molecule has 0 bridgehead atoms. The van der Waals surface area contributed by atoms with Crippen LogP contribution in [-0.2, 0) is 9.59 Å². The summed E-state index contributed by atoms with van der Waals surface area (Å²) >= 11 is 0. The van der Waals surface area contributed by atoms with Gasteiger partial charge in [0.2, 0.25) is 11.8 Å². The summed E-state index contributed by atoms with van der Waals surface area (Å²) in [4.78, 5) is 23.5. The first-order valence-corrected chi connectivity index (χ1v) is 7.00. The van der Waals surface area contributed by atoms with E-state index >= 15 is 0 Å². The summed E-state index contributed by atoms with van der Waals surface area (Å²) in [5.41, 5.74) is 1.23. The highest BCUT2D eigenvalue weighted by molar-refractivity contribution is 5.88. The predicted octanol–water partition coefficient (Wildman–Crippen LogP) is 1.87. The van der Waals surface area contributed by atoms with Gasteiger partial charge in [-0.3, -0.25) is 9.59 Å². The van der Waals surface area contributed by atoms with Crippen LogP contribution >= 0.6 is 0 Å². The standard InChI is InChI=1S/C15H26N2O2/c1-6-7-16-12(18)9-17-14(19)13-11(8-10(2)3)15(13,4)5/h8,11,13H,6-7,9H2,1-5H3,(H,16,18)(H,17,19). The summed E-state index contributed by atoms with van der Waals surface area (Å²) in [7, 11) is 0. The van der Waals surface area contributed by atoms with Gasteiger partial charge in [0.05, 0.1) is 12.5 Å². The number of allylic oxidation sites excluding steroid dienone is 2. The normalized spacial score (nSPS) is 23.4. The molecular weight excluding hydrogens is 240 g/mol. The molecule has 1 fully saturated rings. The maximum atomic E-state index is 12.1. The Bertz CT molecular complexity index is 382. The first-order chi connectivity index (χ1) is 8.80. The molecule has 2 unspecified atom stereocenters. The Morgan fingerprint density at radius 1 is 1.21 bits per heavy atom. The lowest BCUT2D eigenvalue weighted by Gasteiger charge is -2.06. The monoisotopic (exact) mass is 266 g/mol. The fourth-order valence-corrected chi connectivity index (χ4v) is 2.45. The van der Waals surface area contributed by atoms with Crippen LogP contribution in [0.25, 0.3) is 0 Å². The second kappa shape index (κ2) is 6.22. The minimum absolute atomic E-state index is 0.00124. The van der Waals surface area contributed by atoms with E-state index in [4.69, 9.17) is 0 Å². The average Bonchev–Trinajstić information content (AvgIpc) is 2.84. The number of hydrogen-bond donors (Lipinski definition) is 2. The number of rotatable bonds is 6. The molecule has 0 heterocycles. The number of carbonyl (C=O) groups is 2. The van der Waals surface area contributed by atoms with Gasteiger partial charge in [-0.25, -0.2) is 0 Å². The molecule has 0 aliphatic heterocycles. The molecule has 4 heteroatoms. The van der Waals surface area contributed by atoms with E-state index in [0.717, 1.165) is 6.42 Å². The van der Waals surface area contributed by atoms with Crippen molar-refractivity contribution in [3.8, 4) is 0 Å². The molecule has 1 rings (SSSR count). The smallest absolute Gasteiger partial charge is 0.239 e. The van der Waals surface area contributed by atoms with E-state index in [1.807, 2.05) is 20.8 Å². The Hall–Kier alpha value is -1.32. The molecule has 108 valence electrons. The third kappa shape index (κ3) is 4.08. The first-order valence-electron chi connectivity index (χ1n) is 7.00. The molecular formula is C15H26N2O2. The summed E-state index contributed by atoms with van der Waals surface area (Å²) in [5, 5.41) is 5.48. The highest BCUT2D eigenvalue weighted by atomic mass is 16.2. The molecule has 1 saturated carbocycles. The summed E-state index contributed by atoms with van der Waals surface area (Å²) in [5.74, 6) is 0.143. The largest absolute Gasteiger partial charge is 0.355 e. The van der Waals surface area contributed by atoms with Gasteiger partial charge in [-0.15, -0.1) is 0 Å². The third-order valence-corrected chi connectivity index (χ3v) is 3.70. The molecule has 4 nitrogen and oxygen atoms in total. The van der Waals surface area contributed by atoms with Gasteiger partial charge in [0.15, 0.2) is 0 Å². The van der Waals surface area contributed by atoms with Crippen LogP contribution in [0.1, 0.15) is 41.0 Å². The Morgan fingerprint density at radius 2 is 1.84 bits per heavy atom. The average molecular weight is 266 g/mol. The van der Waals surface area contributed by atoms with Gasteiger partial charge in [0, 0.05) is 6.54 Å². The van der Waals surface area contributed by atoms with Crippen LogP contribution in [0.5, 0.6) is 0 Å². The van der Waals surface area contributed by atoms with Crippen LogP contribution in [0, 0.1) is 17.3 Å². The molecule has 1 aliphatic rings. The van der Waals surface area contributed by atoms with Gasteiger partial charge in [-0.05, 0) is 31.6 Å². The third-order valence-electron chi connectivity index (χ3n) is 3.70. The van der Waals surface area contributed by atoms with Gasteiger partial charge in [-0.2, -0.15) is 0 Å². The van der Waals surface area contributed by atoms with Crippen molar-refractivity contribution in [3.63, 3.8) is 0 Å². The van der Waals surface area contributed by atoms with Crippen molar-refractivity contribution in [2.45, 2.75) is 41.0 Å². The van der Waals surface area contributed by atoms with Gasteiger partial charge < -0.3 is 10.6 Å². The van der Waals surface area contributed by atoms with Crippen molar-refractivity contribution < 1.29 is 9.59 Å². The van der Waals surface area contributed by atoms with Crippen molar-refractivity contribution in [1.82, 2.24) is 10.6 Å². The van der Waals surface area contributed by atoms with Gasteiger partial charge >= 0.3 is 0 Å². The molecule has 1 aliphatic carbocycles. The molecule has 2 atom stereocenters. The van der Waals surface area contributed by atoms with Crippen molar-refractivity contribution in [3.05, 3.63) is 11.6 Å². The van der Waals surface area contributed by atoms with E-state index in [9.17, 15) is 9.59 Å². The topological polar surface area (TPSA) is 58.2 Å². The van der Waals surface area contributed by atoms with Gasteiger partial charge in [0.25, 0.3) is 0 Å². The lowest BCUT2D eigenvalue weighted by molar-refractivity contribution is -0.127. The molecule has 0 spiro atoms. The summed E-state index contributed by atoms with van der Waals surface area (Å²) < 4.78 is 0. The lowest BCUT2D eigenvalue weighted by atomic mass is 10.1. The molecule has 2 N–H and O–H groups in total. The fourth-order valence-electron chi connectivity index (χ4n) is 2.45. The van der Waals surface area contributed by atoms with Crippen LogP contribution in [0.3, 0.4) is 0 Å². The van der Waals surface area contributed by atoms with Crippen LogP contribution < -0.4 is 10.6 Å². The summed E-state index contributed by atoms with van der Waals surface area (Å²) in [6.45, 7) is 11.0. The van der Waals surface area contributed by atoms with Gasteiger partial charge in [-0.1, -0.05) is 32.4 Å². The molecule has 2 amide bonds. The Morgan fingerprint density at radius 3 is 2.37 bits per heavy atom. The minimum Gasteiger partial charge on any atom is -0.355 e. The molecule has 0 aromatic rings. The maximum Gasteiger partial charge on any atom is 0.239 e. The van der Waals surface area contributed by atoms with Crippen LogP contribution in [-0.4, -0.2) is 24.9 Å². The Balaban J connectivity index is 2.43. The highest BCUT2D eigenvalue weighted by Gasteiger charge is 2.60. The second-order valence-electron chi connectivity index (χ2n) is 6.14. The van der Waals surface area contributed by atoms with E-state index in [2.05, 4.69) is 30.6 Å². The number of hydrogen-bond acceptors (Lipinski definition) is 2. The number of nitrogens with one attached hydrogen (secondary N) is 2. The Labute approximate surface area is 116 Å². The number of amides is 2. The lowest BCUT2D eigenvalue weighted by Crippen LogP contribution is -2.38. The van der Waals surface area contributed by atoms with E-state index < -0.39 is 0 Å². The quantitative estimate of drug-likeness (QED) is 0.721. The van der Waals surface area contributed by atoms with E-state index in [1.54, 1.807) is 0 Å². The van der Waals surface area contributed by atoms with Gasteiger partial charge in [0.1, 0.15) is 0 Å². The zero-order chi connectivity index (χ0) is 14.6. The molecule has 0 saturated heterocycles. The second-order valence-corrected chi connectivity index (χ2v) is 6.14. The zero-order valence-corrected chi connectivity index (χ0v) is 12.7. The molecule has 0 radical (unpaired) electrons. The highest BCUT2D eigenvalue weighted by Crippen LogP contribution is 2.59. The number of carbonyl (C=O) groups excluding carboxylic acids is 2. The molecule has 0 aromatic carbocycles. The van der Waals surface area contributed by atoms with Crippen LogP contribution in [0.4, 0.5) is 0 Å². The van der Waals surface area contributed by atoms with Crippen molar-refractivity contribution in [1.29, 1.82) is 0 Å². The zero-order valence-electron chi connectivity index (χ0n) is 12.7. The summed E-state index contributed by atoms with van der Waals surface area (Å²) in [6, 6.07) is 0. The molecule has 19 heavy (non-hydrogen) atoms. The van der Waals surface area contributed by atoms with Crippen molar-refractivity contribution >= 4 is 11.8 Å². The maximum absolute atomic E-state index is 12.1. The van der Waals surface area contributed by atoms with Crippen LogP contribution in [0.2, 0.25) is 0 Å². The van der Waals surface area contributed by atoms with E-state index in [1.165, 1.54) is 5.57 Å². The van der Waals surface area contributed by atoms with E-state index in [0.29, 0.717) is 6.54 Å². The summed E-state index contributed by atoms with van der Waals surface area (Å²) in [6.07, 6.45) is 3.05. The van der Waals surface area contributed by atoms with Crippen molar-refractivity contribution in [2.75, 3.05) is 13.1 Å². The Kier molecular flexibility index (Phi) is 5.15.